The number of hydrogen-bond acceptors (Lipinski definition) is 4. The Morgan fingerprint density at radius 2 is 1.91 bits per heavy atom. The van der Waals surface area contributed by atoms with Gasteiger partial charge < -0.3 is 14.5 Å². The second-order valence-corrected chi connectivity index (χ2v) is 9.72. The van der Waals surface area contributed by atoms with Crippen LogP contribution in [0.4, 0.5) is 0 Å². The van der Waals surface area contributed by atoms with Crippen molar-refractivity contribution in [2.45, 2.75) is 30.4 Å². The zero-order valence-electron chi connectivity index (χ0n) is 18.7. The molecular formula is C25H25N5O3S. The van der Waals surface area contributed by atoms with Crippen LogP contribution in [0, 0.1) is 11.3 Å². The monoisotopic (exact) mass is 475 g/mol. The Hall–Kier alpha value is -3.87. The molecule has 0 spiro atoms. The van der Waals surface area contributed by atoms with Crippen molar-refractivity contribution in [2.24, 2.45) is 0 Å². The maximum absolute atomic E-state index is 13.4. The Bertz CT molecular complexity index is 1430. The van der Waals surface area contributed by atoms with Crippen LogP contribution in [0.25, 0.3) is 10.9 Å². The van der Waals surface area contributed by atoms with Crippen LogP contribution in [0.2, 0.25) is 0 Å². The van der Waals surface area contributed by atoms with Crippen molar-refractivity contribution in [3.63, 3.8) is 0 Å². The number of amides is 1. The van der Waals surface area contributed by atoms with E-state index in [0.29, 0.717) is 29.7 Å². The van der Waals surface area contributed by atoms with Gasteiger partial charge in [-0.1, -0.05) is 36.4 Å². The van der Waals surface area contributed by atoms with Crippen LogP contribution >= 0.6 is 0 Å². The number of benzene rings is 2. The van der Waals surface area contributed by atoms with Gasteiger partial charge in [-0.3, -0.25) is 4.79 Å². The Morgan fingerprint density at radius 3 is 2.68 bits per heavy atom. The minimum atomic E-state index is -4.01. The van der Waals surface area contributed by atoms with Crippen LogP contribution < -0.4 is 4.72 Å². The van der Waals surface area contributed by atoms with Crippen molar-refractivity contribution in [2.75, 3.05) is 7.05 Å². The molecule has 1 amide bonds. The van der Waals surface area contributed by atoms with Gasteiger partial charge in [-0.2, -0.15) is 9.98 Å². The van der Waals surface area contributed by atoms with Gasteiger partial charge in [0.05, 0.1) is 4.90 Å². The average molecular weight is 476 g/mol. The number of fused-ring (bicyclic) bond motifs is 1. The van der Waals surface area contributed by atoms with E-state index in [1.54, 1.807) is 54.3 Å². The normalized spacial score (nSPS) is 12.4. The summed E-state index contributed by atoms with van der Waals surface area (Å²) in [5, 5.41) is 9.84. The zero-order chi connectivity index (χ0) is 24.1. The van der Waals surface area contributed by atoms with Crippen molar-refractivity contribution in [3.05, 3.63) is 90.4 Å². The van der Waals surface area contributed by atoms with Gasteiger partial charge in [-0.15, -0.1) is 0 Å². The summed E-state index contributed by atoms with van der Waals surface area (Å²) in [5.74, 6) is -0.348. The zero-order valence-corrected chi connectivity index (χ0v) is 19.5. The molecule has 174 valence electrons. The molecule has 2 aromatic heterocycles. The third-order valence-electron chi connectivity index (χ3n) is 5.68. The highest BCUT2D eigenvalue weighted by Crippen LogP contribution is 2.22. The lowest BCUT2D eigenvalue weighted by atomic mass is 10.1. The minimum absolute atomic E-state index is 0.105. The molecule has 0 saturated carbocycles. The topological polar surface area (TPSA) is 111 Å². The Morgan fingerprint density at radius 1 is 1.12 bits per heavy atom. The lowest BCUT2D eigenvalue weighted by Crippen LogP contribution is -2.47. The van der Waals surface area contributed by atoms with Gasteiger partial charge in [-0.05, 0) is 42.3 Å². The van der Waals surface area contributed by atoms with E-state index in [1.807, 2.05) is 30.3 Å². The predicted octanol–water partition coefficient (Wildman–Crippen LogP) is 3.24. The number of nitrogens with one attached hydrogen (secondary N) is 2. The molecule has 2 heterocycles. The lowest BCUT2D eigenvalue weighted by molar-refractivity contribution is -0.132. The molecule has 2 N–H and O–H groups in total. The summed E-state index contributed by atoms with van der Waals surface area (Å²) in [5.41, 5.74) is 2.08. The third kappa shape index (κ3) is 5.03. The number of aromatic nitrogens is 2. The summed E-state index contributed by atoms with van der Waals surface area (Å²) in [6.45, 7) is 0.653. The molecule has 0 radical (unpaired) electrons. The summed E-state index contributed by atoms with van der Waals surface area (Å²) in [6, 6.07) is 20.7. The van der Waals surface area contributed by atoms with Crippen LogP contribution in [0.15, 0.2) is 84.0 Å². The summed E-state index contributed by atoms with van der Waals surface area (Å²) in [6.07, 6.45) is 3.60. The Balaban J connectivity index is 1.60. The van der Waals surface area contributed by atoms with Gasteiger partial charge in [0.2, 0.25) is 15.9 Å². The number of nitriles is 1. The molecule has 0 fully saturated rings. The maximum atomic E-state index is 13.4. The number of likely N-dealkylation sites (N-methyl/N-ethyl adjacent to an activating group) is 1. The first-order valence-electron chi connectivity index (χ1n) is 10.8. The summed E-state index contributed by atoms with van der Waals surface area (Å²) in [7, 11) is -2.35. The van der Waals surface area contributed by atoms with E-state index < -0.39 is 16.1 Å². The van der Waals surface area contributed by atoms with E-state index >= 15 is 0 Å². The highest BCUT2D eigenvalue weighted by Gasteiger charge is 2.29. The molecule has 0 aliphatic rings. The first-order chi connectivity index (χ1) is 16.4. The molecule has 1 unspecified atom stereocenters. The molecule has 4 rings (SSSR count). The summed E-state index contributed by atoms with van der Waals surface area (Å²) < 4.78 is 31.1. The van der Waals surface area contributed by atoms with Gasteiger partial charge in [0, 0.05) is 43.4 Å². The number of carbonyl (C=O) groups excluding carboxylic acids is 1. The van der Waals surface area contributed by atoms with Gasteiger partial charge in [0.25, 0.3) is 0 Å². The minimum Gasteiger partial charge on any atom is -0.361 e. The molecule has 2 aromatic carbocycles. The highest BCUT2D eigenvalue weighted by molar-refractivity contribution is 7.89. The number of carbonyl (C=O) groups is 1. The number of sulfonamides is 1. The van der Waals surface area contributed by atoms with Gasteiger partial charge >= 0.3 is 0 Å². The van der Waals surface area contributed by atoms with E-state index in [1.165, 1.54) is 11.0 Å². The van der Waals surface area contributed by atoms with Crippen LogP contribution in [0.3, 0.4) is 0 Å². The molecule has 0 saturated heterocycles. The number of aryl methyl sites for hydroxylation is 1. The summed E-state index contributed by atoms with van der Waals surface area (Å²) >= 11 is 0. The van der Waals surface area contributed by atoms with E-state index in [0.717, 1.165) is 5.56 Å². The summed E-state index contributed by atoms with van der Waals surface area (Å²) in [4.78, 5) is 18.0. The molecular weight excluding hydrogens is 450 g/mol. The van der Waals surface area contributed by atoms with E-state index in [2.05, 4.69) is 15.8 Å². The highest BCUT2D eigenvalue weighted by atomic mass is 32.2. The lowest BCUT2D eigenvalue weighted by Gasteiger charge is -2.25. The first kappa shape index (κ1) is 23.3. The molecule has 4 aromatic rings. The number of nitrogens with zero attached hydrogens (tertiary/aromatic N) is 3. The van der Waals surface area contributed by atoms with Crippen molar-refractivity contribution in [3.8, 4) is 6.07 Å². The fourth-order valence-corrected chi connectivity index (χ4v) is 5.40. The molecule has 0 aliphatic carbocycles. The van der Waals surface area contributed by atoms with Gasteiger partial charge in [0.1, 0.15) is 17.8 Å². The quantitative estimate of drug-likeness (QED) is 0.387. The predicted molar refractivity (Wildman–Crippen MR) is 129 cm³/mol. The molecule has 0 bridgehead atoms. The number of aromatic amines is 1. The molecule has 1 atom stereocenters. The maximum Gasteiger partial charge on any atom is 0.241 e. The van der Waals surface area contributed by atoms with Crippen LogP contribution in [-0.4, -0.2) is 41.9 Å². The first-order valence-corrected chi connectivity index (χ1v) is 12.3. The standard InChI is InChI=1S/C25H25N5O3S/c1-29(18-19-7-3-2-4-8-19)25(31)23(13-16-30-15-6-9-20(30)17-26)28-34(32,33)24-11-5-10-22-21(24)12-14-27-22/h2-12,14-15,23,27-28H,13,16,18H2,1H3. The van der Waals surface area contributed by atoms with Crippen LogP contribution in [0.5, 0.6) is 0 Å². The SMILES string of the molecule is CN(Cc1ccccc1)C(=O)C(CCn1cccc1C#N)NS(=O)(=O)c1cccc2[nH]ccc12. The van der Waals surface area contributed by atoms with Crippen LogP contribution in [-0.2, 0) is 27.9 Å². The number of rotatable bonds is 9. The van der Waals surface area contributed by atoms with E-state index in [9.17, 15) is 18.5 Å². The van der Waals surface area contributed by atoms with Gasteiger partial charge in [-0.25, -0.2) is 8.42 Å². The van der Waals surface area contributed by atoms with Gasteiger partial charge in [0.15, 0.2) is 0 Å². The Kier molecular flexibility index (Phi) is 6.82. The largest absolute Gasteiger partial charge is 0.361 e. The molecule has 0 aliphatic heterocycles. The van der Waals surface area contributed by atoms with Crippen LogP contribution in [0.1, 0.15) is 17.7 Å². The fraction of sp³-hybridized carbons (Fsp3) is 0.200. The third-order valence-corrected chi connectivity index (χ3v) is 7.21. The van der Waals surface area contributed by atoms with Crippen molar-refractivity contribution in [1.82, 2.24) is 19.2 Å². The smallest absolute Gasteiger partial charge is 0.241 e. The van der Waals surface area contributed by atoms with Crippen molar-refractivity contribution in [1.29, 1.82) is 5.26 Å². The molecule has 34 heavy (non-hydrogen) atoms. The van der Waals surface area contributed by atoms with Crippen molar-refractivity contribution < 1.29 is 13.2 Å². The fourth-order valence-electron chi connectivity index (χ4n) is 3.95. The average Bonchev–Trinajstić information content (AvgIpc) is 3.50. The Labute approximate surface area is 198 Å². The van der Waals surface area contributed by atoms with Crippen molar-refractivity contribution >= 4 is 26.8 Å². The van der Waals surface area contributed by atoms with E-state index in [4.69, 9.17) is 0 Å². The number of hydrogen-bond donors (Lipinski definition) is 2. The molecule has 8 nitrogen and oxygen atoms in total. The second-order valence-electron chi connectivity index (χ2n) is 8.04. The van der Waals surface area contributed by atoms with E-state index in [-0.39, 0.29) is 17.2 Å². The number of H-pyrrole nitrogens is 1. The molecule has 9 heteroatoms. The second kappa shape index (κ2) is 9.95.